The van der Waals surface area contributed by atoms with Gasteiger partial charge in [-0.3, -0.25) is 0 Å². The average molecular weight is 331 g/mol. The van der Waals surface area contributed by atoms with Crippen molar-refractivity contribution in [1.29, 1.82) is 0 Å². The van der Waals surface area contributed by atoms with Crippen molar-refractivity contribution in [2.45, 2.75) is 19.3 Å². The van der Waals surface area contributed by atoms with E-state index in [-0.39, 0.29) is 0 Å². The second-order valence-corrected chi connectivity index (χ2v) is 6.06. The van der Waals surface area contributed by atoms with Crippen molar-refractivity contribution in [3.05, 3.63) is 11.3 Å². The summed E-state index contributed by atoms with van der Waals surface area (Å²) in [6.07, 6.45) is 3.79. The van der Waals surface area contributed by atoms with Crippen molar-refractivity contribution in [2.24, 2.45) is 0 Å². The van der Waals surface area contributed by atoms with Gasteiger partial charge >= 0.3 is 107 Å². The molecule has 2 unspecified atom stereocenters. The zero-order valence-electron chi connectivity index (χ0n) is 8.52. The zero-order chi connectivity index (χ0) is 10.8. The zero-order valence-corrected chi connectivity index (χ0v) is 13.4. The summed E-state index contributed by atoms with van der Waals surface area (Å²) >= 11 is 2.66. The molecule has 0 N–H and O–H groups in total. The quantitative estimate of drug-likeness (QED) is 0.318. The summed E-state index contributed by atoms with van der Waals surface area (Å²) in [7, 11) is 0. The predicted octanol–water partition coefficient (Wildman–Crippen LogP) is -2.78. The number of hydrogen-bond donors (Lipinski definition) is 0. The molecule has 0 amide bonds. The average Bonchev–Trinajstić information content (AvgIpc) is 2.26. The standard InChI is InChI=1S/C9H15As2N3O/c10-7-6-8(12-9(11)14(7)15)13-4-2-1-3-5-13/h6H,1-5,10-11H2. The minimum absolute atomic E-state index is 0.616. The number of nitrogens with zero attached hydrogens (tertiary/aromatic N) is 3. The Labute approximate surface area is 107 Å². The predicted molar refractivity (Wildman–Crippen MR) is 65.6 cm³/mol. The number of anilines is 1. The Kier molecular flexibility index (Phi) is 3.58. The van der Waals surface area contributed by atoms with E-state index in [0.717, 1.165) is 28.1 Å². The van der Waals surface area contributed by atoms with Gasteiger partial charge in [-0.15, -0.1) is 0 Å². The molecule has 82 valence electrons. The summed E-state index contributed by atoms with van der Waals surface area (Å²) in [6.45, 7) is 2.16. The molecule has 2 heterocycles. The first-order valence-corrected chi connectivity index (χ1v) is 7.51. The maximum absolute atomic E-state index is 11.5. The van der Waals surface area contributed by atoms with Crippen molar-refractivity contribution >= 4 is 48.6 Å². The van der Waals surface area contributed by atoms with E-state index in [1.54, 1.807) is 0 Å². The Bertz CT molecular complexity index is 343. The Morgan fingerprint density at radius 1 is 1.27 bits per heavy atom. The van der Waals surface area contributed by atoms with Crippen LogP contribution in [0.4, 0.5) is 5.82 Å². The fourth-order valence-corrected chi connectivity index (χ4v) is 3.64. The van der Waals surface area contributed by atoms with Gasteiger partial charge in [-0.05, 0) is 0 Å². The first-order chi connectivity index (χ1) is 7.18. The molecule has 15 heavy (non-hydrogen) atoms. The van der Waals surface area contributed by atoms with Gasteiger partial charge in [0.05, 0.1) is 0 Å². The van der Waals surface area contributed by atoms with Crippen LogP contribution in [-0.4, -0.2) is 51.8 Å². The molecule has 6 heteroatoms. The van der Waals surface area contributed by atoms with E-state index < -0.39 is 0 Å². The molecule has 2 atom stereocenters. The van der Waals surface area contributed by atoms with E-state index in [0.29, 0.717) is 4.61 Å². The Hall–Kier alpha value is -0.203. The number of hydrogen-bond acceptors (Lipinski definition) is 3. The van der Waals surface area contributed by atoms with Gasteiger partial charge < -0.3 is 0 Å². The van der Waals surface area contributed by atoms with Crippen LogP contribution in [0.3, 0.4) is 0 Å². The number of aromatic nitrogens is 2. The normalized spacial score (nSPS) is 16.8. The Balaban J connectivity index is 2.27. The summed E-state index contributed by atoms with van der Waals surface area (Å²) in [4.78, 5) is 6.66. The van der Waals surface area contributed by atoms with E-state index in [1.165, 1.54) is 53.0 Å². The van der Waals surface area contributed by atoms with Crippen molar-refractivity contribution in [1.82, 2.24) is 4.98 Å². The maximum atomic E-state index is 11.5. The van der Waals surface area contributed by atoms with Crippen LogP contribution in [0.5, 0.6) is 0 Å². The van der Waals surface area contributed by atoms with Crippen LogP contribution in [-0.2, 0) is 0 Å². The molecule has 0 radical (unpaired) electrons. The van der Waals surface area contributed by atoms with Gasteiger partial charge in [0, 0.05) is 0 Å². The first kappa shape index (κ1) is 11.3. The van der Waals surface area contributed by atoms with Crippen LogP contribution in [0.15, 0.2) is 6.07 Å². The molecule has 0 saturated carbocycles. The molecule has 0 aliphatic carbocycles. The molecule has 0 aromatic carbocycles. The molecule has 1 aliphatic rings. The second-order valence-electron chi connectivity index (χ2n) is 3.74. The number of rotatable bonds is 1. The molecule has 0 spiro atoms. The van der Waals surface area contributed by atoms with Gasteiger partial charge in [0.15, 0.2) is 0 Å². The van der Waals surface area contributed by atoms with Crippen molar-refractivity contribution in [2.75, 3.05) is 18.0 Å². The Morgan fingerprint density at radius 3 is 2.53 bits per heavy atom. The van der Waals surface area contributed by atoms with E-state index in [2.05, 4.69) is 9.88 Å². The SMILES string of the molecule is [O-][n+]1c([AsH2])cc(N2CCCCC2)nc1[AsH2]. The summed E-state index contributed by atoms with van der Waals surface area (Å²) in [6, 6.07) is 1.92. The molecule has 1 saturated heterocycles. The molecular weight excluding hydrogens is 316 g/mol. The fraction of sp³-hybridized carbons (Fsp3) is 0.556. The molecule has 1 aromatic rings. The van der Waals surface area contributed by atoms with Gasteiger partial charge in [-0.25, -0.2) is 0 Å². The van der Waals surface area contributed by atoms with Gasteiger partial charge in [0.1, 0.15) is 0 Å². The third-order valence-corrected chi connectivity index (χ3v) is 4.23. The molecular formula is C9H15As2N3O. The monoisotopic (exact) mass is 331 g/mol. The van der Waals surface area contributed by atoms with Gasteiger partial charge in [0.2, 0.25) is 0 Å². The summed E-state index contributed by atoms with van der Waals surface area (Å²) in [5, 5.41) is 11.5. The third kappa shape index (κ3) is 2.48. The van der Waals surface area contributed by atoms with E-state index in [9.17, 15) is 5.21 Å². The van der Waals surface area contributed by atoms with E-state index >= 15 is 0 Å². The van der Waals surface area contributed by atoms with Crippen molar-refractivity contribution in [3.63, 3.8) is 0 Å². The molecule has 0 bridgehead atoms. The van der Waals surface area contributed by atoms with Crippen LogP contribution < -0.4 is 18.7 Å². The van der Waals surface area contributed by atoms with Crippen LogP contribution in [0, 0.1) is 5.21 Å². The second kappa shape index (κ2) is 4.76. The third-order valence-electron chi connectivity index (χ3n) is 2.63. The van der Waals surface area contributed by atoms with E-state index in [1.807, 2.05) is 6.07 Å². The van der Waals surface area contributed by atoms with Crippen LogP contribution >= 0.6 is 0 Å². The fourth-order valence-electron chi connectivity index (χ4n) is 1.80. The van der Waals surface area contributed by atoms with Crippen LogP contribution in [0.25, 0.3) is 0 Å². The van der Waals surface area contributed by atoms with Gasteiger partial charge in [0.25, 0.3) is 0 Å². The summed E-state index contributed by atoms with van der Waals surface area (Å²) in [5.74, 6) is 0.987. The summed E-state index contributed by atoms with van der Waals surface area (Å²) < 4.78 is 2.36. The van der Waals surface area contributed by atoms with Gasteiger partial charge in [-0.2, -0.15) is 0 Å². The van der Waals surface area contributed by atoms with Crippen LogP contribution in [0.1, 0.15) is 19.3 Å². The minimum atomic E-state index is 0.616. The van der Waals surface area contributed by atoms with Crippen molar-refractivity contribution in [3.8, 4) is 0 Å². The number of piperidine rings is 1. The van der Waals surface area contributed by atoms with E-state index in [4.69, 9.17) is 0 Å². The molecule has 1 aromatic heterocycles. The van der Waals surface area contributed by atoms with Crippen molar-refractivity contribution < 1.29 is 4.73 Å². The Morgan fingerprint density at radius 2 is 1.93 bits per heavy atom. The molecule has 1 fully saturated rings. The van der Waals surface area contributed by atoms with Crippen LogP contribution in [0.2, 0.25) is 0 Å². The first-order valence-electron chi connectivity index (χ1n) is 5.09. The molecule has 2 rings (SSSR count). The topological polar surface area (TPSA) is 43.1 Å². The van der Waals surface area contributed by atoms with Gasteiger partial charge in [-0.1, -0.05) is 0 Å². The molecule has 4 nitrogen and oxygen atoms in total. The molecule has 1 aliphatic heterocycles. The summed E-state index contributed by atoms with van der Waals surface area (Å²) in [5.41, 5.74) is 0.